The molecule has 7 heteroatoms. The maximum Gasteiger partial charge on any atom is 0.213 e. The number of aliphatic imine (C=N–C) groups is 1. The lowest BCUT2D eigenvalue weighted by atomic mass is 10.1. The average molecular weight is 500 g/mol. The van der Waals surface area contributed by atoms with E-state index in [4.69, 9.17) is 4.74 Å². The number of aromatic nitrogens is 1. The van der Waals surface area contributed by atoms with Gasteiger partial charge in [-0.2, -0.15) is 0 Å². The van der Waals surface area contributed by atoms with Crippen molar-refractivity contribution in [1.29, 1.82) is 0 Å². The van der Waals surface area contributed by atoms with E-state index in [9.17, 15) is 0 Å². The minimum Gasteiger partial charge on any atom is -0.477 e. The van der Waals surface area contributed by atoms with Gasteiger partial charge in [-0.15, -0.1) is 35.3 Å². The maximum absolute atomic E-state index is 5.67. The van der Waals surface area contributed by atoms with Crippen molar-refractivity contribution in [3.05, 3.63) is 46.3 Å². The van der Waals surface area contributed by atoms with Gasteiger partial charge in [0.25, 0.3) is 0 Å². The quantitative estimate of drug-likeness (QED) is 0.310. The molecular weight excluding hydrogens is 471 g/mol. The Morgan fingerprint density at radius 1 is 1.33 bits per heavy atom. The van der Waals surface area contributed by atoms with Crippen molar-refractivity contribution in [2.24, 2.45) is 16.8 Å². The fraction of sp³-hybridized carbons (Fsp3) is 0.500. The fourth-order valence-electron chi connectivity index (χ4n) is 2.61. The first-order chi connectivity index (χ1) is 12.7. The molecule has 0 amide bonds. The molecule has 0 spiro atoms. The molecule has 5 nitrogen and oxygen atoms in total. The summed E-state index contributed by atoms with van der Waals surface area (Å²) in [5.74, 6) is 2.83. The van der Waals surface area contributed by atoms with Crippen LogP contribution in [0.1, 0.15) is 30.2 Å². The molecule has 1 aliphatic carbocycles. The van der Waals surface area contributed by atoms with E-state index < -0.39 is 0 Å². The Morgan fingerprint density at radius 3 is 2.81 bits per heavy atom. The monoisotopic (exact) mass is 500 g/mol. The summed E-state index contributed by atoms with van der Waals surface area (Å²) in [5.41, 5.74) is 1.11. The second kappa shape index (κ2) is 11.5. The highest BCUT2D eigenvalue weighted by Gasteiger charge is 2.22. The topological polar surface area (TPSA) is 58.5 Å². The van der Waals surface area contributed by atoms with Gasteiger partial charge in [0.15, 0.2) is 5.96 Å². The standard InChI is InChI=1S/C20H28N4OS.HI/c1-15(10-18-4-3-9-26-18)11-23-20(21-2)24-13-17-7-8-19(22-12-17)25-14-16-5-6-16;/h3-4,7-9,12,15-16H,5-6,10-11,13-14H2,1-2H3,(H2,21,23,24);1H. The lowest BCUT2D eigenvalue weighted by molar-refractivity contribution is 0.288. The van der Waals surface area contributed by atoms with Crippen LogP contribution in [0.25, 0.3) is 0 Å². The Bertz CT molecular complexity index is 687. The number of thiophene rings is 1. The summed E-state index contributed by atoms with van der Waals surface area (Å²) in [7, 11) is 1.80. The molecule has 0 radical (unpaired) electrons. The summed E-state index contributed by atoms with van der Waals surface area (Å²) in [6.45, 7) is 4.63. The molecule has 1 fully saturated rings. The second-order valence-corrected chi connectivity index (χ2v) is 7.99. The number of ether oxygens (including phenoxy) is 1. The van der Waals surface area contributed by atoms with Crippen LogP contribution in [-0.2, 0) is 13.0 Å². The summed E-state index contributed by atoms with van der Waals surface area (Å²) in [4.78, 5) is 10.1. The Balaban J connectivity index is 0.00000261. The largest absolute Gasteiger partial charge is 0.477 e. The molecule has 2 N–H and O–H groups in total. The van der Waals surface area contributed by atoms with Gasteiger partial charge in [0.1, 0.15) is 0 Å². The molecule has 3 rings (SSSR count). The third-order valence-corrected chi connectivity index (χ3v) is 5.29. The van der Waals surface area contributed by atoms with Crippen LogP contribution in [0.15, 0.2) is 40.8 Å². The Morgan fingerprint density at radius 2 is 2.19 bits per heavy atom. The molecular formula is C20H29IN4OS. The summed E-state index contributed by atoms with van der Waals surface area (Å²) in [6.07, 6.45) is 5.54. The van der Waals surface area contributed by atoms with E-state index in [-0.39, 0.29) is 24.0 Å². The molecule has 0 aromatic carbocycles. The predicted molar refractivity (Wildman–Crippen MR) is 123 cm³/mol. The first-order valence-electron chi connectivity index (χ1n) is 9.27. The normalized spacial score (nSPS) is 15.0. The molecule has 1 aliphatic rings. The van der Waals surface area contributed by atoms with Crippen LogP contribution >= 0.6 is 35.3 Å². The third kappa shape index (κ3) is 8.04. The van der Waals surface area contributed by atoms with E-state index in [1.807, 2.05) is 23.6 Å². The van der Waals surface area contributed by atoms with Crippen molar-refractivity contribution >= 4 is 41.3 Å². The minimum atomic E-state index is 0. The van der Waals surface area contributed by atoms with Gasteiger partial charge in [-0.25, -0.2) is 4.98 Å². The zero-order chi connectivity index (χ0) is 18.2. The molecule has 2 aromatic rings. The molecule has 0 saturated heterocycles. The summed E-state index contributed by atoms with van der Waals surface area (Å²) >= 11 is 1.82. The van der Waals surface area contributed by atoms with Gasteiger partial charge in [0.2, 0.25) is 5.88 Å². The molecule has 2 aromatic heterocycles. The second-order valence-electron chi connectivity index (χ2n) is 6.95. The number of hydrogen-bond acceptors (Lipinski definition) is 4. The van der Waals surface area contributed by atoms with Crippen molar-refractivity contribution in [3.63, 3.8) is 0 Å². The van der Waals surface area contributed by atoms with Gasteiger partial charge in [0, 0.05) is 37.3 Å². The molecule has 148 valence electrons. The van der Waals surface area contributed by atoms with Crippen molar-refractivity contribution in [1.82, 2.24) is 15.6 Å². The van der Waals surface area contributed by atoms with Gasteiger partial charge in [0.05, 0.1) is 6.61 Å². The number of guanidine groups is 1. The van der Waals surface area contributed by atoms with Gasteiger partial charge < -0.3 is 15.4 Å². The van der Waals surface area contributed by atoms with Crippen LogP contribution in [0, 0.1) is 11.8 Å². The zero-order valence-corrected chi connectivity index (χ0v) is 19.1. The molecule has 1 unspecified atom stereocenters. The summed E-state index contributed by atoms with van der Waals surface area (Å²) in [5, 5.41) is 8.87. The van der Waals surface area contributed by atoms with Crippen molar-refractivity contribution in [2.75, 3.05) is 20.2 Å². The van der Waals surface area contributed by atoms with Crippen LogP contribution in [0.3, 0.4) is 0 Å². The number of rotatable bonds is 9. The van der Waals surface area contributed by atoms with Gasteiger partial charge in [-0.3, -0.25) is 4.99 Å². The number of pyridine rings is 1. The molecule has 1 saturated carbocycles. The smallest absolute Gasteiger partial charge is 0.213 e. The van der Waals surface area contributed by atoms with Crippen LogP contribution < -0.4 is 15.4 Å². The number of halogens is 1. The van der Waals surface area contributed by atoms with Crippen LogP contribution in [0.2, 0.25) is 0 Å². The Hall–Kier alpha value is -1.35. The molecule has 0 bridgehead atoms. The highest BCUT2D eigenvalue weighted by Crippen LogP contribution is 2.29. The first-order valence-corrected chi connectivity index (χ1v) is 10.2. The lowest BCUT2D eigenvalue weighted by Crippen LogP contribution is -2.39. The summed E-state index contributed by atoms with van der Waals surface area (Å²) < 4.78 is 5.67. The van der Waals surface area contributed by atoms with Gasteiger partial charge in [-0.1, -0.05) is 19.1 Å². The lowest BCUT2D eigenvalue weighted by Gasteiger charge is -2.15. The highest BCUT2D eigenvalue weighted by molar-refractivity contribution is 14.0. The first kappa shape index (κ1) is 21.9. The maximum atomic E-state index is 5.67. The number of nitrogens with one attached hydrogen (secondary N) is 2. The molecule has 27 heavy (non-hydrogen) atoms. The predicted octanol–water partition coefficient (Wildman–Crippen LogP) is 4.09. The summed E-state index contributed by atoms with van der Waals surface area (Å²) in [6, 6.07) is 8.30. The van der Waals surface area contributed by atoms with Crippen molar-refractivity contribution < 1.29 is 4.74 Å². The number of hydrogen-bond donors (Lipinski definition) is 2. The molecule has 2 heterocycles. The van der Waals surface area contributed by atoms with Crippen LogP contribution in [0.4, 0.5) is 0 Å². The molecule has 1 atom stereocenters. The van der Waals surface area contributed by atoms with E-state index in [1.54, 1.807) is 7.05 Å². The average Bonchev–Trinajstić information content (AvgIpc) is 3.36. The van der Waals surface area contributed by atoms with Crippen LogP contribution in [-0.4, -0.2) is 31.1 Å². The van der Waals surface area contributed by atoms with Crippen molar-refractivity contribution in [2.45, 2.75) is 32.7 Å². The van der Waals surface area contributed by atoms with Crippen molar-refractivity contribution in [3.8, 4) is 5.88 Å². The Kier molecular flexibility index (Phi) is 9.33. The van der Waals surface area contributed by atoms with E-state index >= 15 is 0 Å². The highest BCUT2D eigenvalue weighted by atomic mass is 127. The fourth-order valence-corrected chi connectivity index (χ4v) is 3.48. The number of nitrogens with zero attached hydrogens (tertiary/aromatic N) is 2. The van der Waals surface area contributed by atoms with Gasteiger partial charge in [-0.05, 0) is 48.1 Å². The SMILES string of the molecule is CN=C(NCc1ccc(OCC2CC2)nc1)NCC(C)Cc1cccs1.I. The zero-order valence-electron chi connectivity index (χ0n) is 16.0. The van der Waals surface area contributed by atoms with Gasteiger partial charge >= 0.3 is 0 Å². The van der Waals surface area contributed by atoms with E-state index in [0.717, 1.165) is 37.0 Å². The van der Waals surface area contributed by atoms with E-state index in [0.29, 0.717) is 18.3 Å². The van der Waals surface area contributed by atoms with Crippen LogP contribution in [0.5, 0.6) is 5.88 Å². The molecule has 0 aliphatic heterocycles. The van der Waals surface area contributed by atoms with E-state index in [2.05, 4.69) is 51.1 Å². The van der Waals surface area contributed by atoms with E-state index in [1.165, 1.54) is 17.7 Å². The Labute approximate surface area is 183 Å². The third-order valence-electron chi connectivity index (χ3n) is 4.39. The minimum absolute atomic E-state index is 0.